The van der Waals surface area contributed by atoms with Crippen LogP contribution in [0, 0.1) is 0 Å². The first-order chi connectivity index (χ1) is 16.4. The summed E-state index contributed by atoms with van der Waals surface area (Å²) in [5.41, 5.74) is 2.88. The topological polar surface area (TPSA) is 80.0 Å². The Bertz CT molecular complexity index is 1090. The van der Waals surface area contributed by atoms with Crippen molar-refractivity contribution in [3.63, 3.8) is 0 Å². The van der Waals surface area contributed by atoms with Gasteiger partial charge in [-0.05, 0) is 76.1 Å². The van der Waals surface area contributed by atoms with Gasteiger partial charge in [-0.25, -0.2) is 9.97 Å². The second kappa shape index (κ2) is 9.37. The molecule has 1 aliphatic carbocycles. The average Bonchev–Trinajstić information content (AvgIpc) is 3.33. The fourth-order valence-electron chi connectivity index (χ4n) is 5.00. The van der Waals surface area contributed by atoms with Crippen LogP contribution in [0.4, 0.5) is 14.7 Å². The maximum atomic E-state index is 12.7. The zero-order chi connectivity index (χ0) is 23.7. The van der Waals surface area contributed by atoms with Crippen LogP contribution in [0.2, 0.25) is 0 Å². The monoisotopic (exact) mass is 468 g/mol. The number of rotatable bonds is 7. The Morgan fingerprint density at radius 3 is 2.24 bits per heavy atom. The molecule has 2 aliphatic rings. The standard InChI is InChI=1S/C25H30F2N6O/c1-16(2)33-12-8-18(9-13-33)17-4-6-20(7-5-17)25(10-3-11-25)30-24-28-14-19(15-29-24)22-31-32-23(34-22)21(26)27/h4-7,14-16,18,21H,3,8-13H2,1-2H3,(H,28,29,30). The van der Waals surface area contributed by atoms with E-state index in [2.05, 4.69) is 68.5 Å². The van der Waals surface area contributed by atoms with Gasteiger partial charge < -0.3 is 14.6 Å². The van der Waals surface area contributed by atoms with Crippen LogP contribution in [-0.4, -0.2) is 44.2 Å². The number of benzene rings is 1. The quantitative estimate of drug-likeness (QED) is 0.487. The van der Waals surface area contributed by atoms with Crippen LogP contribution in [0.3, 0.4) is 0 Å². The van der Waals surface area contributed by atoms with Crippen molar-refractivity contribution >= 4 is 5.95 Å². The third-order valence-corrected chi connectivity index (χ3v) is 7.28. The molecular formula is C25H30F2N6O. The number of aromatic nitrogens is 4. The molecule has 34 heavy (non-hydrogen) atoms. The normalized spacial score (nSPS) is 18.9. The number of halogens is 2. The molecule has 0 unspecified atom stereocenters. The summed E-state index contributed by atoms with van der Waals surface area (Å²) in [6.45, 7) is 6.86. The first-order valence-corrected chi connectivity index (χ1v) is 12.0. The molecule has 3 aromatic rings. The number of nitrogens with zero attached hydrogens (tertiary/aromatic N) is 5. The molecule has 0 spiro atoms. The Labute approximate surface area is 198 Å². The molecule has 1 saturated heterocycles. The van der Waals surface area contributed by atoms with Gasteiger partial charge >= 0.3 is 6.43 Å². The van der Waals surface area contributed by atoms with Gasteiger partial charge in [0.15, 0.2) is 0 Å². The molecule has 180 valence electrons. The van der Waals surface area contributed by atoms with E-state index in [0.717, 1.165) is 32.4 Å². The van der Waals surface area contributed by atoms with Crippen molar-refractivity contribution in [2.24, 2.45) is 0 Å². The summed E-state index contributed by atoms with van der Waals surface area (Å²) < 4.78 is 30.4. The Morgan fingerprint density at radius 2 is 1.71 bits per heavy atom. The van der Waals surface area contributed by atoms with Gasteiger partial charge in [-0.2, -0.15) is 8.78 Å². The SMILES string of the molecule is CC(C)N1CCC(c2ccc(C3(Nc4ncc(-c5nnc(C(F)F)o5)cn4)CCC3)cc2)CC1. The Hall–Kier alpha value is -2.94. The van der Waals surface area contributed by atoms with Crippen LogP contribution < -0.4 is 5.32 Å². The highest BCUT2D eigenvalue weighted by molar-refractivity contribution is 5.51. The second-order valence-electron chi connectivity index (χ2n) is 9.63. The molecule has 0 bridgehead atoms. The van der Waals surface area contributed by atoms with E-state index in [0.29, 0.717) is 23.5 Å². The fourth-order valence-corrected chi connectivity index (χ4v) is 5.00. The van der Waals surface area contributed by atoms with E-state index in [1.54, 1.807) is 0 Å². The number of piperidine rings is 1. The summed E-state index contributed by atoms with van der Waals surface area (Å²) in [6.07, 6.45) is 5.78. The molecule has 3 heterocycles. The van der Waals surface area contributed by atoms with Crippen LogP contribution in [-0.2, 0) is 5.54 Å². The predicted molar refractivity (Wildman–Crippen MR) is 125 cm³/mol. The van der Waals surface area contributed by atoms with Gasteiger partial charge in [0.05, 0.1) is 11.1 Å². The largest absolute Gasteiger partial charge is 0.415 e. The third-order valence-electron chi connectivity index (χ3n) is 7.28. The lowest BCUT2D eigenvalue weighted by atomic mass is 9.71. The minimum Gasteiger partial charge on any atom is -0.415 e. The second-order valence-corrected chi connectivity index (χ2v) is 9.63. The van der Waals surface area contributed by atoms with E-state index < -0.39 is 12.3 Å². The van der Waals surface area contributed by atoms with Gasteiger partial charge in [0.2, 0.25) is 5.95 Å². The van der Waals surface area contributed by atoms with Crippen molar-refractivity contribution in [3.05, 3.63) is 53.7 Å². The van der Waals surface area contributed by atoms with Gasteiger partial charge in [-0.3, -0.25) is 0 Å². The number of nitrogens with one attached hydrogen (secondary N) is 1. The highest BCUT2D eigenvalue weighted by atomic mass is 19.3. The van der Waals surface area contributed by atoms with Crippen molar-refractivity contribution in [3.8, 4) is 11.5 Å². The van der Waals surface area contributed by atoms with E-state index in [4.69, 9.17) is 4.42 Å². The zero-order valence-corrected chi connectivity index (χ0v) is 19.5. The van der Waals surface area contributed by atoms with Crippen LogP contribution in [0.25, 0.3) is 11.5 Å². The highest BCUT2D eigenvalue weighted by Crippen LogP contribution is 2.44. The van der Waals surface area contributed by atoms with Gasteiger partial charge in [0.1, 0.15) is 0 Å². The zero-order valence-electron chi connectivity index (χ0n) is 19.5. The Kier molecular flexibility index (Phi) is 6.29. The summed E-state index contributed by atoms with van der Waals surface area (Å²) in [4.78, 5) is 11.3. The minimum absolute atomic E-state index is 0.0185. The van der Waals surface area contributed by atoms with Crippen LogP contribution in [0.5, 0.6) is 0 Å². The van der Waals surface area contributed by atoms with Crippen molar-refractivity contribution < 1.29 is 13.2 Å². The number of alkyl halides is 2. The lowest BCUT2D eigenvalue weighted by Crippen LogP contribution is -2.42. The highest BCUT2D eigenvalue weighted by Gasteiger charge is 2.39. The molecule has 7 nitrogen and oxygen atoms in total. The number of hydrogen-bond donors (Lipinski definition) is 1. The summed E-state index contributed by atoms with van der Waals surface area (Å²) >= 11 is 0. The van der Waals surface area contributed by atoms with Crippen molar-refractivity contribution in [1.29, 1.82) is 0 Å². The lowest BCUT2D eigenvalue weighted by molar-refractivity contribution is 0.116. The Balaban J connectivity index is 1.26. The molecule has 5 rings (SSSR count). The smallest absolute Gasteiger partial charge is 0.314 e. The summed E-state index contributed by atoms with van der Waals surface area (Å²) in [5.74, 6) is 0.386. The molecule has 1 N–H and O–H groups in total. The summed E-state index contributed by atoms with van der Waals surface area (Å²) in [5, 5.41) is 10.5. The molecule has 0 radical (unpaired) electrons. The van der Waals surface area contributed by atoms with E-state index >= 15 is 0 Å². The number of likely N-dealkylation sites (tertiary alicyclic amines) is 1. The van der Waals surface area contributed by atoms with Crippen LogP contribution >= 0.6 is 0 Å². The summed E-state index contributed by atoms with van der Waals surface area (Å²) in [7, 11) is 0. The van der Waals surface area contributed by atoms with E-state index in [-0.39, 0.29) is 11.4 Å². The van der Waals surface area contributed by atoms with Crippen LogP contribution in [0.1, 0.15) is 75.3 Å². The van der Waals surface area contributed by atoms with Crippen molar-refractivity contribution in [2.75, 3.05) is 18.4 Å². The van der Waals surface area contributed by atoms with E-state index in [9.17, 15) is 8.78 Å². The van der Waals surface area contributed by atoms with Gasteiger partial charge in [-0.1, -0.05) is 24.3 Å². The maximum Gasteiger partial charge on any atom is 0.314 e. The minimum atomic E-state index is -2.80. The summed E-state index contributed by atoms with van der Waals surface area (Å²) in [6, 6.07) is 9.68. The predicted octanol–water partition coefficient (Wildman–Crippen LogP) is 5.54. The van der Waals surface area contributed by atoms with Crippen molar-refractivity contribution in [1.82, 2.24) is 25.1 Å². The van der Waals surface area contributed by atoms with Gasteiger partial charge in [-0.15, -0.1) is 10.2 Å². The molecule has 2 fully saturated rings. The van der Waals surface area contributed by atoms with E-state index in [1.165, 1.54) is 36.4 Å². The van der Waals surface area contributed by atoms with Crippen LogP contribution in [0.15, 0.2) is 41.1 Å². The third kappa shape index (κ3) is 4.53. The maximum absolute atomic E-state index is 12.7. The van der Waals surface area contributed by atoms with Crippen molar-refractivity contribution in [2.45, 2.75) is 69.9 Å². The lowest BCUT2D eigenvalue weighted by Gasteiger charge is -2.43. The molecule has 1 aromatic carbocycles. The number of anilines is 1. The molecular weight excluding hydrogens is 438 g/mol. The van der Waals surface area contributed by atoms with E-state index in [1.807, 2.05) is 0 Å². The molecule has 0 atom stereocenters. The average molecular weight is 469 g/mol. The molecule has 1 aliphatic heterocycles. The van der Waals surface area contributed by atoms with Gasteiger partial charge in [0.25, 0.3) is 11.8 Å². The van der Waals surface area contributed by atoms with Gasteiger partial charge in [0, 0.05) is 18.4 Å². The Morgan fingerprint density at radius 1 is 1.03 bits per heavy atom. The molecule has 0 amide bonds. The molecule has 9 heteroatoms. The first-order valence-electron chi connectivity index (χ1n) is 12.0. The molecule has 2 aromatic heterocycles. The number of hydrogen-bond acceptors (Lipinski definition) is 7. The molecule has 1 saturated carbocycles. The fraction of sp³-hybridized carbons (Fsp3) is 0.520. The first kappa shape index (κ1) is 22.8.